The van der Waals surface area contributed by atoms with E-state index in [1.165, 1.54) is 39.1 Å². The molecule has 5 aromatic carbocycles. The summed E-state index contributed by atoms with van der Waals surface area (Å²) in [6.45, 7) is 0. The maximum Gasteiger partial charge on any atom is 0.119 e. The second-order valence-corrected chi connectivity index (χ2v) is 11.0. The highest BCUT2D eigenvalue weighted by atomic mass is 32.2. The van der Waals surface area contributed by atoms with E-state index in [1.807, 2.05) is 0 Å². The number of methoxy groups -OCH3 is 1. The fourth-order valence-electron chi connectivity index (χ4n) is 6.19. The molecule has 1 fully saturated rings. The Labute approximate surface area is 222 Å². The highest BCUT2D eigenvalue weighted by molar-refractivity contribution is 8.01. The van der Waals surface area contributed by atoms with Crippen molar-refractivity contribution in [3.05, 3.63) is 156 Å². The zero-order chi connectivity index (χ0) is 24.8. The Morgan fingerprint density at radius 3 is 1.68 bits per heavy atom. The van der Waals surface area contributed by atoms with Crippen molar-refractivity contribution < 1.29 is 4.74 Å². The van der Waals surface area contributed by atoms with Crippen LogP contribution in [0.4, 0.5) is 5.69 Å². The second-order valence-electron chi connectivity index (χ2n) is 9.63. The summed E-state index contributed by atoms with van der Waals surface area (Å²) in [5, 5.41) is 0.124. The molecule has 0 radical (unpaired) electrons. The Morgan fingerprint density at radius 1 is 0.595 bits per heavy atom. The van der Waals surface area contributed by atoms with Gasteiger partial charge < -0.3 is 9.64 Å². The van der Waals surface area contributed by atoms with Crippen molar-refractivity contribution >= 4 is 17.4 Å². The van der Waals surface area contributed by atoms with Gasteiger partial charge >= 0.3 is 0 Å². The molecule has 1 spiro atoms. The number of rotatable bonds is 4. The van der Waals surface area contributed by atoms with Crippen molar-refractivity contribution in [1.29, 1.82) is 0 Å². The first-order valence-electron chi connectivity index (χ1n) is 12.7. The third-order valence-corrected chi connectivity index (χ3v) is 9.49. The zero-order valence-electron chi connectivity index (χ0n) is 20.6. The van der Waals surface area contributed by atoms with Crippen LogP contribution in [0.1, 0.15) is 33.7 Å². The van der Waals surface area contributed by atoms with Gasteiger partial charge in [-0.15, -0.1) is 11.8 Å². The Morgan fingerprint density at radius 2 is 1.11 bits per heavy atom. The molecule has 1 aliphatic carbocycles. The molecule has 1 saturated heterocycles. The fraction of sp³-hybridized carbons (Fsp3) is 0.118. The van der Waals surface area contributed by atoms with Crippen LogP contribution in [-0.2, 0) is 4.75 Å². The number of fused-ring (bicyclic) bond motifs is 5. The molecule has 37 heavy (non-hydrogen) atoms. The van der Waals surface area contributed by atoms with E-state index >= 15 is 0 Å². The molecule has 0 unspecified atom stereocenters. The molecule has 0 bridgehead atoms. The highest BCUT2D eigenvalue weighted by Crippen LogP contribution is 2.71. The summed E-state index contributed by atoms with van der Waals surface area (Å²) in [5.41, 5.74) is 9.29. The van der Waals surface area contributed by atoms with E-state index in [0.717, 1.165) is 5.75 Å². The first kappa shape index (κ1) is 22.3. The normalized spacial score (nSPS) is 19.0. The van der Waals surface area contributed by atoms with Crippen molar-refractivity contribution in [2.24, 2.45) is 0 Å². The van der Waals surface area contributed by atoms with Crippen LogP contribution in [0.15, 0.2) is 133 Å². The van der Waals surface area contributed by atoms with Gasteiger partial charge in [0.25, 0.3) is 0 Å². The lowest BCUT2D eigenvalue weighted by Gasteiger charge is -2.38. The summed E-state index contributed by atoms with van der Waals surface area (Å²) in [7, 11) is 1.72. The predicted octanol–water partition coefficient (Wildman–Crippen LogP) is 8.61. The largest absolute Gasteiger partial charge is 0.497 e. The maximum absolute atomic E-state index is 5.52. The Hall–Kier alpha value is -3.95. The van der Waals surface area contributed by atoms with Crippen LogP contribution in [0.3, 0.4) is 0 Å². The van der Waals surface area contributed by atoms with Crippen molar-refractivity contribution in [3.63, 3.8) is 0 Å². The van der Waals surface area contributed by atoms with E-state index in [4.69, 9.17) is 4.74 Å². The lowest BCUT2D eigenvalue weighted by atomic mass is 9.83. The van der Waals surface area contributed by atoms with E-state index < -0.39 is 0 Å². The molecule has 7 rings (SSSR count). The molecule has 2 aliphatic rings. The van der Waals surface area contributed by atoms with Gasteiger partial charge in [-0.05, 0) is 57.6 Å². The monoisotopic (exact) mass is 497 g/mol. The first-order chi connectivity index (χ1) is 18.3. The van der Waals surface area contributed by atoms with Crippen molar-refractivity contribution in [2.45, 2.75) is 16.2 Å². The third kappa shape index (κ3) is 3.34. The minimum atomic E-state index is -0.269. The summed E-state index contributed by atoms with van der Waals surface area (Å²) in [5.74, 6) is 0.870. The maximum atomic E-state index is 5.52. The number of nitrogens with zero attached hydrogens (tertiary/aromatic N) is 1. The smallest absolute Gasteiger partial charge is 0.119 e. The van der Waals surface area contributed by atoms with E-state index in [-0.39, 0.29) is 16.2 Å². The standard InChI is InChI=1S/C34H27NOS/c1-36-27-22-20-26(21-23-27)35-32(24-12-4-2-5-13-24)34(37-33(35)25-14-6-3-7-15-25)30-18-10-8-16-28(30)29-17-9-11-19-31(29)34/h2-23,32-33H,1H3/t32-,33+/m1/s1. The fourth-order valence-corrected chi connectivity index (χ4v) is 8.19. The number of hydrogen-bond donors (Lipinski definition) is 0. The highest BCUT2D eigenvalue weighted by Gasteiger charge is 2.59. The van der Waals surface area contributed by atoms with E-state index in [2.05, 4.69) is 150 Å². The summed E-state index contributed by atoms with van der Waals surface area (Å²) >= 11 is 2.07. The van der Waals surface area contributed by atoms with Crippen LogP contribution >= 0.6 is 11.8 Å². The molecule has 1 aliphatic heterocycles. The quantitative estimate of drug-likeness (QED) is 0.247. The van der Waals surface area contributed by atoms with Crippen molar-refractivity contribution in [1.82, 2.24) is 0 Å². The molecule has 0 saturated carbocycles. The van der Waals surface area contributed by atoms with Gasteiger partial charge in [0.1, 0.15) is 11.1 Å². The van der Waals surface area contributed by atoms with Crippen LogP contribution in [-0.4, -0.2) is 7.11 Å². The Kier molecular flexibility index (Phi) is 5.33. The number of thioether (sulfide) groups is 1. The molecule has 1 heterocycles. The third-order valence-electron chi connectivity index (χ3n) is 7.73. The number of ether oxygens (including phenoxy) is 1. The summed E-state index contributed by atoms with van der Waals surface area (Å²) < 4.78 is 5.25. The molecule has 5 aromatic rings. The van der Waals surface area contributed by atoms with Gasteiger partial charge in [0.05, 0.1) is 17.9 Å². The van der Waals surface area contributed by atoms with Gasteiger partial charge in [0.2, 0.25) is 0 Å². The van der Waals surface area contributed by atoms with Crippen molar-refractivity contribution in [2.75, 3.05) is 12.0 Å². The number of anilines is 1. The predicted molar refractivity (Wildman–Crippen MR) is 154 cm³/mol. The van der Waals surface area contributed by atoms with Gasteiger partial charge in [0.15, 0.2) is 0 Å². The SMILES string of the molecule is COc1ccc(N2[C@H](c3ccccc3)SC3(c4ccccc4-c4ccccc43)[C@H]2c2ccccc2)cc1. The summed E-state index contributed by atoms with van der Waals surface area (Å²) in [6.07, 6.45) is 0. The van der Waals surface area contributed by atoms with Crippen LogP contribution < -0.4 is 9.64 Å². The molecule has 0 amide bonds. The molecule has 0 aromatic heterocycles. The minimum Gasteiger partial charge on any atom is -0.497 e. The molecule has 3 heteroatoms. The van der Waals surface area contributed by atoms with Crippen molar-refractivity contribution in [3.8, 4) is 16.9 Å². The lowest BCUT2D eigenvalue weighted by Crippen LogP contribution is -2.35. The van der Waals surface area contributed by atoms with Gasteiger partial charge in [-0.3, -0.25) is 0 Å². The van der Waals surface area contributed by atoms with Gasteiger partial charge in [-0.25, -0.2) is 0 Å². The van der Waals surface area contributed by atoms with Crippen LogP contribution in [0.2, 0.25) is 0 Å². The van der Waals surface area contributed by atoms with Gasteiger partial charge in [-0.1, -0.05) is 109 Å². The zero-order valence-corrected chi connectivity index (χ0v) is 21.4. The molecule has 180 valence electrons. The number of hydrogen-bond acceptors (Lipinski definition) is 3. The molecule has 0 N–H and O–H groups in total. The number of benzene rings is 5. The topological polar surface area (TPSA) is 12.5 Å². The van der Waals surface area contributed by atoms with E-state index in [1.54, 1.807) is 7.11 Å². The lowest BCUT2D eigenvalue weighted by molar-refractivity contribution is 0.414. The average Bonchev–Trinajstić information content (AvgIpc) is 3.48. The first-order valence-corrected chi connectivity index (χ1v) is 13.6. The Balaban J connectivity index is 1.55. The molecule has 2 atom stereocenters. The molecule has 2 nitrogen and oxygen atoms in total. The molecular formula is C34H27NOS. The van der Waals surface area contributed by atoms with E-state index in [0.29, 0.717) is 0 Å². The molecular weight excluding hydrogens is 470 g/mol. The van der Waals surface area contributed by atoms with Gasteiger partial charge in [0, 0.05) is 5.69 Å². The van der Waals surface area contributed by atoms with E-state index in [9.17, 15) is 0 Å². The van der Waals surface area contributed by atoms with Crippen LogP contribution in [0.25, 0.3) is 11.1 Å². The average molecular weight is 498 g/mol. The Bertz CT molecular complexity index is 1500. The summed E-state index contributed by atoms with van der Waals surface area (Å²) in [4.78, 5) is 2.63. The second kappa shape index (κ2) is 8.86. The summed E-state index contributed by atoms with van der Waals surface area (Å²) in [6, 6.07) is 48.6. The van der Waals surface area contributed by atoms with Crippen LogP contribution in [0, 0.1) is 0 Å². The van der Waals surface area contributed by atoms with Gasteiger partial charge in [-0.2, -0.15) is 0 Å². The minimum absolute atomic E-state index is 0.0853. The van der Waals surface area contributed by atoms with Crippen LogP contribution in [0.5, 0.6) is 5.75 Å².